The van der Waals surface area contributed by atoms with Crippen LogP contribution in [0.25, 0.3) is 0 Å². The van der Waals surface area contributed by atoms with Crippen molar-refractivity contribution >= 4 is 33.5 Å². The Bertz CT molecular complexity index is 1040. The van der Waals surface area contributed by atoms with Crippen molar-refractivity contribution in [3.05, 3.63) is 60.2 Å². The summed E-state index contributed by atoms with van der Waals surface area (Å²) < 4.78 is 32.1. The van der Waals surface area contributed by atoms with Gasteiger partial charge in [0, 0.05) is 32.7 Å². The largest absolute Gasteiger partial charge is 0.452 e. The fourth-order valence-electron chi connectivity index (χ4n) is 2.84. The van der Waals surface area contributed by atoms with Crippen LogP contribution in [-0.2, 0) is 35.7 Å². The Morgan fingerprint density at radius 2 is 1.66 bits per heavy atom. The number of nitrogens with zero attached hydrogens (tertiary/aromatic N) is 1. The van der Waals surface area contributed by atoms with Gasteiger partial charge in [0.15, 0.2) is 6.10 Å². The van der Waals surface area contributed by atoms with E-state index in [-0.39, 0.29) is 29.7 Å². The lowest BCUT2D eigenvalue weighted by Gasteiger charge is -2.21. The van der Waals surface area contributed by atoms with Gasteiger partial charge in [-0.3, -0.25) is 14.4 Å². The van der Waals surface area contributed by atoms with Gasteiger partial charge < -0.3 is 15.0 Å². The summed E-state index contributed by atoms with van der Waals surface area (Å²) in [6, 6.07) is 15.0. The fourth-order valence-corrected chi connectivity index (χ4v) is 3.88. The van der Waals surface area contributed by atoms with Crippen molar-refractivity contribution < 1.29 is 27.5 Å². The SMILES string of the molecule is CC(=O)Nc1ccc(S(=O)(=O)NCCC(=O)OC(C)C(=O)N(C)Cc2ccccc2)cc1. The number of amides is 2. The Balaban J connectivity index is 1.80. The molecule has 0 aliphatic rings. The third-order valence-electron chi connectivity index (χ3n) is 4.40. The molecule has 2 rings (SSSR count). The quantitative estimate of drug-likeness (QED) is 0.521. The second kappa shape index (κ2) is 11.4. The minimum atomic E-state index is -3.84. The van der Waals surface area contributed by atoms with Crippen LogP contribution in [0.5, 0.6) is 0 Å². The van der Waals surface area contributed by atoms with Crippen LogP contribution in [0.1, 0.15) is 25.8 Å². The molecule has 2 aromatic rings. The minimum Gasteiger partial charge on any atom is -0.452 e. The van der Waals surface area contributed by atoms with Crippen LogP contribution >= 0.6 is 0 Å². The predicted octanol–water partition coefficient (Wildman–Crippen LogP) is 1.90. The van der Waals surface area contributed by atoms with E-state index in [2.05, 4.69) is 10.0 Å². The average molecular weight is 462 g/mol. The second-order valence-electron chi connectivity index (χ2n) is 7.17. The molecule has 1 atom stereocenters. The maximum atomic E-state index is 12.4. The Morgan fingerprint density at radius 3 is 2.25 bits per heavy atom. The molecule has 0 fully saturated rings. The number of hydrogen-bond acceptors (Lipinski definition) is 6. The molecule has 0 bridgehead atoms. The van der Waals surface area contributed by atoms with Crippen LogP contribution in [0, 0.1) is 0 Å². The first-order valence-electron chi connectivity index (χ1n) is 9.94. The smallest absolute Gasteiger partial charge is 0.307 e. The van der Waals surface area contributed by atoms with Crippen LogP contribution in [0.3, 0.4) is 0 Å². The highest BCUT2D eigenvalue weighted by molar-refractivity contribution is 7.89. The van der Waals surface area contributed by atoms with Crippen molar-refractivity contribution in [2.45, 2.75) is 37.8 Å². The van der Waals surface area contributed by atoms with Gasteiger partial charge in [0.25, 0.3) is 5.91 Å². The first-order chi connectivity index (χ1) is 15.1. The molecule has 1 unspecified atom stereocenters. The normalized spacial score (nSPS) is 12.0. The summed E-state index contributed by atoms with van der Waals surface area (Å²) in [4.78, 5) is 36.9. The Hall–Kier alpha value is -3.24. The van der Waals surface area contributed by atoms with Gasteiger partial charge >= 0.3 is 5.97 Å². The first-order valence-corrected chi connectivity index (χ1v) is 11.4. The molecule has 2 N–H and O–H groups in total. The van der Waals surface area contributed by atoms with Gasteiger partial charge in [-0.15, -0.1) is 0 Å². The summed E-state index contributed by atoms with van der Waals surface area (Å²) in [6.07, 6.45) is -1.22. The molecule has 0 aliphatic carbocycles. The summed E-state index contributed by atoms with van der Waals surface area (Å²) in [7, 11) is -2.22. The first kappa shape index (κ1) is 25.0. The lowest BCUT2D eigenvalue weighted by Crippen LogP contribution is -2.37. The Labute approximate surface area is 187 Å². The highest BCUT2D eigenvalue weighted by Crippen LogP contribution is 2.14. The lowest BCUT2D eigenvalue weighted by molar-refractivity contribution is -0.158. The molecule has 0 aliphatic heterocycles. The highest BCUT2D eigenvalue weighted by Gasteiger charge is 2.22. The molecule has 0 aromatic heterocycles. The molecule has 0 heterocycles. The lowest BCUT2D eigenvalue weighted by atomic mass is 10.2. The summed E-state index contributed by atoms with van der Waals surface area (Å²) in [6.45, 7) is 3.01. The topological polar surface area (TPSA) is 122 Å². The van der Waals surface area contributed by atoms with E-state index >= 15 is 0 Å². The molecule has 0 saturated carbocycles. The highest BCUT2D eigenvalue weighted by atomic mass is 32.2. The molecule has 32 heavy (non-hydrogen) atoms. The van der Waals surface area contributed by atoms with Crippen molar-refractivity contribution in [1.29, 1.82) is 0 Å². The van der Waals surface area contributed by atoms with Crippen molar-refractivity contribution in [2.75, 3.05) is 18.9 Å². The average Bonchev–Trinajstić information content (AvgIpc) is 2.73. The van der Waals surface area contributed by atoms with E-state index in [9.17, 15) is 22.8 Å². The van der Waals surface area contributed by atoms with Gasteiger partial charge in [0.1, 0.15) is 0 Å². The predicted molar refractivity (Wildman–Crippen MR) is 119 cm³/mol. The number of ether oxygens (including phenoxy) is 1. The third kappa shape index (κ3) is 7.78. The molecule has 10 heteroatoms. The van der Waals surface area contributed by atoms with E-state index in [4.69, 9.17) is 4.74 Å². The van der Waals surface area contributed by atoms with Crippen molar-refractivity contribution in [3.63, 3.8) is 0 Å². The van der Waals surface area contributed by atoms with Gasteiger partial charge in [-0.05, 0) is 36.8 Å². The van der Waals surface area contributed by atoms with Crippen LogP contribution in [0.4, 0.5) is 5.69 Å². The van der Waals surface area contributed by atoms with Crippen molar-refractivity contribution in [3.8, 4) is 0 Å². The van der Waals surface area contributed by atoms with Crippen LogP contribution in [-0.4, -0.2) is 50.8 Å². The summed E-state index contributed by atoms with van der Waals surface area (Å²) >= 11 is 0. The molecule has 0 radical (unpaired) electrons. The molecule has 2 amide bonds. The number of rotatable bonds is 10. The minimum absolute atomic E-state index is 0.00829. The molecule has 0 saturated heterocycles. The number of carbonyl (C=O) groups is 3. The number of carbonyl (C=O) groups excluding carboxylic acids is 3. The van der Waals surface area contributed by atoms with Gasteiger partial charge in [0.2, 0.25) is 15.9 Å². The number of sulfonamides is 1. The number of benzene rings is 2. The van der Waals surface area contributed by atoms with E-state index in [1.165, 1.54) is 43.0 Å². The Kier molecular flexibility index (Phi) is 8.91. The molecule has 2 aromatic carbocycles. The van der Waals surface area contributed by atoms with Crippen LogP contribution < -0.4 is 10.0 Å². The van der Waals surface area contributed by atoms with E-state index in [1.54, 1.807) is 7.05 Å². The summed E-state index contributed by atoms with van der Waals surface area (Å²) in [5.41, 5.74) is 1.41. The maximum Gasteiger partial charge on any atom is 0.307 e. The zero-order valence-corrected chi connectivity index (χ0v) is 19.0. The number of nitrogens with one attached hydrogen (secondary N) is 2. The van der Waals surface area contributed by atoms with Crippen LogP contribution in [0.2, 0.25) is 0 Å². The molecular weight excluding hydrogens is 434 g/mol. The number of likely N-dealkylation sites (N-methyl/N-ethyl adjacent to an activating group) is 1. The van der Waals surface area contributed by atoms with Gasteiger partial charge in [-0.2, -0.15) is 0 Å². The maximum absolute atomic E-state index is 12.4. The number of hydrogen-bond donors (Lipinski definition) is 2. The number of esters is 1. The van der Waals surface area contributed by atoms with Gasteiger partial charge in [0.05, 0.1) is 11.3 Å². The van der Waals surface area contributed by atoms with Gasteiger partial charge in [-0.25, -0.2) is 13.1 Å². The molecular formula is C22H27N3O6S. The van der Waals surface area contributed by atoms with Crippen molar-refractivity contribution in [2.24, 2.45) is 0 Å². The zero-order valence-electron chi connectivity index (χ0n) is 18.2. The molecule has 9 nitrogen and oxygen atoms in total. The monoisotopic (exact) mass is 461 g/mol. The standard InChI is InChI=1S/C22H27N3O6S/c1-16(22(28)25(3)15-18-7-5-4-6-8-18)31-21(27)13-14-23-32(29,30)20-11-9-19(10-12-20)24-17(2)26/h4-12,16,23H,13-15H2,1-3H3,(H,24,26). The number of anilines is 1. The van der Waals surface area contributed by atoms with E-state index in [1.807, 2.05) is 30.3 Å². The van der Waals surface area contributed by atoms with Crippen molar-refractivity contribution in [1.82, 2.24) is 9.62 Å². The van der Waals surface area contributed by atoms with E-state index in [0.717, 1.165) is 5.56 Å². The third-order valence-corrected chi connectivity index (χ3v) is 5.88. The molecule has 172 valence electrons. The van der Waals surface area contributed by atoms with E-state index in [0.29, 0.717) is 12.2 Å². The second-order valence-corrected chi connectivity index (χ2v) is 8.93. The summed E-state index contributed by atoms with van der Waals surface area (Å²) in [5, 5.41) is 2.54. The van der Waals surface area contributed by atoms with Crippen LogP contribution in [0.15, 0.2) is 59.5 Å². The fraction of sp³-hybridized carbons (Fsp3) is 0.318. The van der Waals surface area contributed by atoms with Gasteiger partial charge in [-0.1, -0.05) is 30.3 Å². The Morgan fingerprint density at radius 1 is 1.03 bits per heavy atom. The summed E-state index contributed by atoms with van der Waals surface area (Å²) in [5.74, 6) is -1.32. The molecule has 0 spiro atoms. The van der Waals surface area contributed by atoms with E-state index < -0.39 is 22.1 Å². The zero-order chi connectivity index (χ0) is 23.7.